The van der Waals surface area contributed by atoms with Crippen molar-refractivity contribution < 1.29 is 28.2 Å². The molecule has 1 N–H and O–H groups in total. The predicted molar refractivity (Wildman–Crippen MR) is 101 cm³/mol. The molecule has 3 rings (SSSR count). The van der Waals surface area contributed by atoms with Crippen LogP contribution in [0.2, 0.25) is 0 Å². The van der Waals surface area contributed by atoms with Gasteiger partial charge >= 0.3 is 0 Å². The van der Waals surface area contributed by atoms with Crippen molar-refractivity contribution in [2.45, 2.75) is 25.8 Å². The molecule has 0 spiro atoms. The molecule has 1 aliphatic rings. The minimum absolute atomic E-state index is 0.0379. The number of nitrogens with one attached hydrogen (secondary N) is 1. The third kappa shape index (κ3) is 4.60. The largest absolute Gasteiger partial charge is 0.494 e. The highest BCUT2D eigenvalue weighted by atomic mass is 19.1. The number of halogens is 1. The van der Waals surface area contributed by atoms with Gasteiger partial charge in [0.05, 0.1) is 13.2 Å². The summed E-state index contributed by atoms with van der Waals surface area (Å²) in [6.45, 7) is 2.68. The van der Waals surface area contributed by atoms with Crippen LogP contribution in [0.3, 0.4) is 0 Å². The summed E-state index contributed by atoms with van der Waals surface area (Å²) in [6.07, 6.45) is 0.103. The number of benzene rings is 2. The smallest absolute Gasteiger partial charge is 0.220 e. The van der Waals surface area contributed by atoms with Gasteiger partial charge in [0.2, 0.25) is 5.91 Å². The third-order valence-electron chi connectivity index (χ3n) is 4.50. The molecule has 0 bridgehead atoms. The number of methoxy groups -OCH3 is 1. The van der Waals surface area contributed by atoms with Gasteiger partial charge in [0, 0.05) is 18.4 Å². The Hall–Kier alpha value is -3.09. The van der Waals surface area contributed by atoms with Crippen LogP contribution in [0.4, 0.5) is 4.39 Å². The number of hydrogen-bond acceptors (Lipinski definition) is 5. The molecular formula is C21H22FNO5. The van der Waals surface area contributed by atoms with E-state index in [1.165, 1.54) is 19.2 Å². The molecule has 6 nitrogen and oxygen atoms in total. The first-order valence-corrected chi connectivity index (χ1v) is 9.03. The topological polar surface area (TPSA) is 73.9 Å². The molecule has 0 fully saturated rings. The van der Waals surface area contributed by atoms with Gasteiger partial charge in [-0.3, -0.25) is 9.59 Å². The number of fused-ring (bicyclic) bond motifs is 1. The summed E-state index contributed by atoms with van der Waals surface area (Å²) in [7, 11) is 1.39. The SMILES string of the molecule is COc1ccc([C@@H](C)NC(=O)CCC(=O)c2ccc3c(c2)OCCO3)cc1F. The highest BCUT2D eigenvalue weighted by Crippen LogP contribution is 2.31. The minimum Gasteiger partial charge on any atom is -0.494 e. The molecule has 0 saturated carbocycles. The Morgan fingerprint density at radius 3 is 2.57 bits per heavy atom. The zero-order chi connectivity index (χ0) is 20.1. The maximum absolute atomic E-state index is 13.8. The lowest BCUT2D eigenvalue weighted by atomic mass is 10.0. The van der Waals surface area contributed by atoms with Gasteiger partial charge in [0.1, 0.15) is 13.2 Å². The summed E-state index contributed by atoms with van der Waals surface area (Å²) in [5, 5.41) is 2.77. The van der Waals surface area contributed by atoms with Crippen LogP contribution < -0.4 is 19.5 Å². The van der Waals surface area contributed by atoms with Crippen LogP contribution in [0.15, 0.2) is 36.4 Å². The Bertz CT molecular complexity index is 883. The number of hydrogen-bond donors (Lipinski definition) is 1. The molecule has 148 valence electrons. The molecule has 0 aliphatic carbocycles. The maximum Gasteiger partial charge on any atom is 0.220 e. The lowest BCUT2D eigenvalue weighted by molar-refractivity contribution is -0.121. The lowest BCUT2D eigenvalue weighted by Gasteiger charge is -2.18. The van der Waals surface area contributed by atoms with Gasteiger partial charge in [-0.1, -0.05) is 6.07 Å². The molecule has 1 atom stereocenters. The van der Waals surface area contributed by atoms with E-state index in [0.29, 0.717) is 35.8 Å². The second kappa shape index (κ2) is 8.73. The first-order valence-electron chi connectivity index (χ1n) is 9.03. The first kappa shape index (κ1) is 19.7. The van der Waals surface area contributed by atoms with Crippen molar-refractivity contribution in [1.29, 1.82) is 0 Å². The normalized spacial score (nSPS) is 13.5. The number of ether oxygens (including phenoxy) is 3. The average Bonchev–Trinajstić information content (AvgIpc) is 2.71. The number of carbonyl (C=O) groups is 2. The van der Waals surface area contributed by atoms with Crippen molar-refractivity contribution in [3.8, 4) is 17.2 Å². The molecule has 0 unspecified atom stereocenters. The molecular weight excluding hydrogens is 365 g/mol. The summed E-state index contributed by atoms with van der Waals surface area (Å²) in [4.78, 5) is 24.5. The van der Waals surface area contributed by atoms with Crippen molar-refractivity contribution in [3.63, 3.8) is 0 Å². The standard InChI is InChI=1S/C21H22FNO5/c1-13(14-3-6-18(26-2)16(22)11-14)23-21(25)8-5-17(24)15-4-7-19-20(12-15)28-10-9-27-19/h3-4,6-7,11-13H,5,8-10H2,1-2H3,(H,23,25)/t13-/m1/s1. The summed E-state index contributed by atoms with van der Waals surface area (Å²) in [6, 6.07) is 9.13. The van der Waals surface area contributed by atoms with E-state index in [2.05, 4.69) is 5.32 Å². The van der Waals surface area contributed by atoms with Gasteiger partial charge in [-0.15, -0.1) is 0 Å². The zero-order valence-corrected chi connectivity index (χ0v) is 15.8. The van der Waals surface area contributed by atoms with Crippen LogP contribution in [0.1, 0.15) is 41.7 Å². The third-order valence-corrected chi connectivity index (χ3v) is 4.50. The first-order chi connectivity index (χ1) is 13.5. The summed E-state index contributed by atoms with van der Waals surface area (Å²) in [5.41, 5.74) is 1.09. The van der Waals surface area contributed by atoms with E-state index >= 15 is 0 Å². The second-order valence-electron chi connectivity index (χ2n) is 6.46. The van der Waals surface area contributed by atoms with Gasteiger partial charge < -0.3 is 19.5 Å². The van der Waals surface area contributed by atoms with Crippen LogP contribution in [-0.2, 0) is 4.79 Å². The van der Waals surface area contributed by atoms with Crippen LogP contribution in [0, 0.1) is 5.82 Å². The van der Waals surface area contributed by atoms with Crippen molar-refractivity contribution in [3.05, 3.63) is 53.3 Å². The molecule has 7 heteroatoms. The van der Waals surface area contributed by atoms with Crippen molar-refractivity contribution >= 4 is 11.7 Å². The Morgan fingerprint density at radius 2 is 1.86 bits per heavy atom. The van der Waals surface area contributed by atoms with E-state index in [-0.39, 0.29) is 30.3 Å². The van der Waals surface area contributed by atoms with Crippen LogP contribution in [0.5, 0.6) is 17.2 Å². The van der Waals surface area contributed by atoms with E-state index in [4.69, 9.17) is 14.2 Å². The Kier molecular flexibility index (Phi) is 6.13. The van der Waals surface area contributed by atoms with E-state index < -0.39 is 11.9 Å². The average molecular weight is 387 g/mol. The number of Topliss-reactive ketones (excluding diaryl/α,β-unsaturated/α-hetero) is 1. The Morgan fingerprint density at radius 1 is 1.11 bits per heavy atom. The van der Waals surface area contributed by atoms with Gasteiger partial charge in [-0.05, 0) is 42.8 Å². The number of carbonyl (C=O) groups excluding carboxylic acids is 2. The van der Waals surface area contributed by atoms with Crippen LogP contribution >= 0.6 is 0 Å². The molecule has 1 aliphatic heterocycles. The quantitative estimate of drug-likeness (QED) is 0.737. The molecule has 2 aromatic rings. The lowest BCUT2D eigenvalue weighted by Crippen LogP contribution is -2.27. The highest BCUT2D eigenvalue weighted by Gasteiger charge is 2.17. The fraction of sp³-hybridized carbons (Fsp3) is 0.333. The second-order valence-corrected chi connectivity index (χ2v) is 6.46. The van der Waals surface area contributed by atoms with Crippen molar-refractivity contribution in [1.82, 2.24) is 5.32 Å². The van der Waals surface area contributed by atoms with Crippen molar-refractivity contribution in [2.75, 3.05) is 20.3 Å². The molecule has 1 amide bonds. The van der Waals surface area contributed by atoms with E-state index in [1.807, 2.05) is 0 Å². The number of amides is 1. The van der Waals surface area contributed by atoms with E-state index in [1.54, 1.807) is 31.2 Å². The van der Waals surface area contributed by atoms with Gasteiger partial charge in [-0.2, -0.15) is 0 Å². The molecule has 1 heterocycles. The van der Waals surface area contributed by atoms with Crippen LogP contribution in [-0.4, -0.2) is 32.0 Å². The van der Waals surface area contributed by atoms with E-state index in [0.717, 1.165) is 0 Å². The summed E-state index contributed by atoms with van der Waals surface area (Å²) >= 11 is 0. The fourth-order valence-corrected chi connectivity index (χ4v) is 2.94. The Labute approximate surface area is 162 Å². The fourth-order valence-electron chi connectivity index (χ4n) is 2.94. The Balaban J connectivity index is 1.53. The monoisotopic (exact) mass is 387 g/mol. The number of rotatable bonds is 7. The predicted octanol–water partition coefficient (Wildman–Crippen LogP) is 3.45. The number of ketones is 1. The molecule has 0 saturated heterocycles. The van der Waals surface area contributed by atoms with Crippen molar-refractivity contribution in [2.24, 2.45) is 0 Å². The van der Waals surface area contributed by atoms with Gasteiger partial charge in [0.15, 0.2) is 28.8 Å². The van der Waals surface area contributed by atoms with Crippen LogP contribution in [0.25, 0.3) is 0 Å². The van der Waals surface area contributed by atoms with Gasteiger partial charge in [-0.25, -0.2) is 4.39 Å². The van der Waals surface area contributed by atoms with Gasteiger partial charge in [0.25, 0.3) is 0 Å². The summed E-state index contributed by atoms with van der Waals surface area (Å²) < 4.78 is 29.6. The minimum atomic E-state index is -0.491. The van der Waals surface area contributed by atoms with E-state index in [9.17, 15) is 14.0 Å². The summed E-state index contributed by atoms with van der Waals surface area (Å²) in [5.74, 6) is 0.366. The molecule has 28 heavy (non-hydrogen) atoms. The molecule has 0 aromatic heterocycles. The maximum atomic E-state index is 13.8. The molecule has 2 aromatic carbocycles. The highest BCUT2D eigenvalue weighted by molar-refractivity contribution is 5.98. The molecule has 0 radical (unpaired) electrons. The zero-order valence-electron chi connectivity index (χ0n) is 15.8.